The summed E-state index contributed by atoms with van der Waals surface area (Å²) in [6, 6.07) is 27.5. The first-order valence-electron chi connectivity index (χ1n) is 7.24. The van der Waals surface area contributed by atoms with E-state index in [4.69, 9.17) is 0 Å². The second-order valence-electron chi connectivity index (χ2n) is 4.46. The fourth-order valence-electron chi connectivity index (χ4n) is 2.18. The Kier molecular flexibility index (Phi) is 5.77. The van der Waals surface area contributed by atoms with Crippen LogP contribution in [0.4, 0.5) is 0 Å². The summed E-state index contributed by atoms with van der Waals surface area (Å²) in [6.45, 7) is 4.00. The molecule has 0 aliphatic rings. The van der Waals surface area contributed by atoms with E-state index in [2.05, 4.69) is 82.7 Å². The fraction of sp³-hybridized carbons (Fsp3) is 0.100. The summed E-state index contributed by atoms with van der Waals surface area (Å²) in [6.07, 6.45) is 0. The molecule has 0 aliphatic carbocycles. The first-order valence-corrected chi connectivity index (χ1v) is 8.04. The van der Waals surface area contributed by atoms with Crippen molar-refractivity contribution in [2.45, 2.75) is 13.8 Å². The van der Waals surface area contributed by atoms with E-state index < -0.39 is 0 Å². The lowest BCUT2D eigenvalue weighted by atomic mass is 9.99. The van der Waals surface area contributed by atoms with E-state index in [0.717, 1.165) is 4.47 Å². The number of benzene rings is 3. The molecule has 0 spiro atoms. The van der Waals surface area contributed by atoms with Crippen molar-refractivity contribution < 1.29 is 0 Å². The maximum absolute atomic E-state index is 3.52. The van der Waals surface area contributed by atoms with Crippen molar-refractivity contribution in [3.8, 4) is 22.3 Å². The highest BCUT2D eigenvalue weighted by atomic mass is 79.9. The van der Waals surface area contributed by atoms with Gasteiger partial charge in [0, 0.05) is 4.47 Å². The average molecular weight is 339 g/mol. The van der Waals surface area contributed by atoms with Gasteiger partial charge in [0.05, 0.1) is 0 Å². The fourth-order valence-corrected chi connectivity index (χ4v) is 2.58. The van der Waals surface area contributed by atoms with Crippen LogP contribution in [0.1, 0.15) is 13.8 Å². The molecule has 21 heavy (non-hydrogen) atoms. The molecule has 0 nitrogen and oxygen atoms in total. The van der Waals surface area contributed by atoms with Crippen molar-refractivity contribution in [1.29, 1.82) is 0 Å². The third-order valence-electron chi connectivity index (χ3n) is 3.13. The van der Waals surface area contributed by atoms with E-state index in [1.54, 1.807) is 0 Å². The molecule has 0 aliphatic heterocycles. The molecule has 106 valence electrons. The lowest BCUT2D eigenvalue weighted by Gasteiger charge is -2.06. The van der Waals surface area contributed by atoms with Crippen molar-refractivity contribution in [3.63, 3.8) is 0 Å². The van der Waals surface area contributed by atoms with Crippen molar-refractivity contribution >= 4 is 15.9 Å². The molecule has 0 fully saturated rings. The Morgan fingerprint density at radius 3 is 1.62 bits per heavy atom. The maximum Gasteiger partial charge on any atom is 0.0181 e. The van der Waals surface area contributed by atoms with Gasteiger partial charge in [0.2, 0.25) is 0 Å². The van der Waals surface area contributed by atoms with Crippen LogP contribution < -0.4 is 0 Å². The van der Waals surface area contributed by atoms with Crippen LogP contribution >= 0.6 is 15.9 Å². The van der Waals surface area contributed by atoms with E-state index in [1.807, 2.05) is 26.0 Å². The van der Waals surface area contributed by atoms with Crippen molar-refractivity contribution in [3.05, 3.63) is 83.3 Å². The molecule has 0 atom stereocenters. The zero-order valence-corrected chi connectivity index (χ0v) is 14.0. The summed E-state index contributed by atoms with van der Waals surface area (Å²) in [5, 5.41) is 0. The van der Waals surface area contributed by atoms with E-state index >= 15 is 0 Å². The Morgan fingerprint density at radius 2 is 1.00 bits per heavy atom. The van der Waals surface area contributed by atoms with Gasteiger partial charge >= 0.3 is 0 Å². The molecule has 0 N–H and O–H groups in total. The van der Waals surface area contributed by atoms with Crippen LogP contribution in [-0.2, 0) is 0 Å². The molecular formula is C20H19Br. The predicted octanol–water partition coefficient (Wildman–Crippen LogP) is 6.81. The van der Waals surface area contributed by atoms with Crippen LogP contribution in [0.5, 0.6) is 0 Å². The molecule has 3 aromatic carbocycles. The Bertz CT molecular complexity index is 687. The van der Waals surface area contributed by atoms with Crippen LogP contribution in [-0.4, -0.2) is 0 Å². The molecule has 0 aromatic heterocycles. The van der Waals surface area contributed by atoms with E-state index in [9.17, 15) is 0 Å². The highest BCUT2D eigenvalue weighted by molar-refractivity contribution is 9.10. The molecular weight excluding hydrogens is 320 g/mol. The van der Waals surface area contributed by atoms with Crippen LogP contribution in [0, 0.1) is 0 Å². The average Bonchev–Trinajstić information content (AvgIpc) is 2.58. The van der Waals surface area contributed by atoms with Gasteiger partial charge in [-0.3, -0.25) is 0 Å². The third-order valence-corrected chi connectivity index (χ3v) is 3.62. The van der Waals surface area contributed by atoms with Gasteiger partial charge in [-0.25, -0.2) is 0 Å². The first-order chi connectivity index (χ1) is 10.3. The summed E-state index contributed by atoms with van der Waals surface area (Å²) in [7, 11) is 0. The first kappa shape index (κ1) is 15.5. The quantitative estimate of drug-likeness (QED) is 0.481. The maximum atomic E-state index is 3.52. The Hall–Kier alpha value is -1.86. The predicted molar refractivity (Wildman–Crippen MR) is 96.4 cm³/mol. The standard InChI is InChI=1S/C18H13Br.C2H6/c19-18-11-5-10-17(13-18)16-9-4-8-15(12-16)14-6-2-1-3-7-14;1-2/h1-13H;1-2H3. The topological polar surface area (TPSA) is 0 Å². The summed E-state index contributed by atoms with van der Waals surface area (Å²) < 4.78 is 1.11. The zero-order chi connectivity index (χ0) is 15.1. The third kappa shape index (κ3) is 4.05. The SMILES string of the molecule is Brc1cccc(-c2cccc(-c3ccccc3)c2)c1.CC. The van der Waals surface area contributed by atoms with E-state index in [-0.39, 0.29) is 0 Å². The smallest absolute Gasteiger partial charge is 0.0181 e. The van der Waals surface area contributed by atoms with Gasteiger partial charge in [-0.2, -0.15) is 0 Å². The number of hydrogen-bond acceptors (Lipinski definition) is 0. The van der Waals surface area contributed by atoms with Crippen molar-refractivity contribution in [2.75, 3.05) is 0 Å². The molecule has 0 bridgehead atoms. The highest BCUT2D eigenvalue weighted by Gasteiger charge is 2.01. The summed E-state index contributed by atoms with van der Waals surface area (Å²) >= 11 is 3.52. The summed E-state index contributed by atoms with van der Waals surface area (Å²) in [5.74, 6) is 0. The lowest BCUT2D eigenvalue weighted by Crippen LogP contribution is -1.81. The van der Waals surface area contributed by atoms with Gasteiger partial charge in [0.15, 0.2) is 0 Å². The molecule has 0 amide bonds. The van der Waals surface area contributed by atoms with Gasteiger partial charge in [0.25, 0.3) is 0 Å². The molecule has 3 aromatic rings. The van der Waals surface area contributed by atoms with Gasteiger partial charge in [-0.05, 0) is 40.5 Å². The lowest BCUT2D eigenvalue weighted by molar-refractivity contribution is 1.50. The number of hydrogen-bond donors (Lipinski definition) is 0. The molecule has 3 rings (SSSR count). The molecule has 0 saturated heterocycles. The Morgan fingerprint density at radius 1 is 0.524 bits per heavy atom. The molecule has 0 radical (unpaired) electrons. The van der Waals surface area contributed by atoms with E-state index in [1.165, 1.54) is 22.3 Å². The Labute approximate surface area is 135 Å². The zero-order valence-electron chi connectivity index (χ0n) is 12.4. The highest BCUT2D eigenvalue weighted by Crippen LogP contribution is 2.27. The normalized spacial score (nSPS) is 9.67. The summed E-state index contributed by atoms with van der Waals surface area (Å²) in [5.41, 5.74) is 4.97. The van der Waals surface area contributed by atoms with Gasteiger partial charge in [-0.15, -0.1) is 0 Å². The Balaban J connectivity index is 0.000000774. The second kappa shape index (κ2) is 7.80. The van der Waals surface area contributed by atoms with Gasteiger partial charge in [-0.1, -0.05) is 90.4 Å². The molecule has 1 heteroatoms. The minimum Gasteiger partial charge on any atom is -0.0683 e. The van der Waals surface area contributed by atoms with Gasteiger partial charge < -0.3 is 0 Å². The largest absolute Gasteiger partial charge is 0.0683 e. The monoisotopic (exact) mass is 338 g/mol. The molecule has 0 saturated carbocycles. The van der Waals surface area contributed by atoms with Gasteiger partial charge in [0.1, 0.15) is 0 Å². The van der Waals surface area contributed by atoms with Crippen molar-refractivity contribution in [2.24, 2.45) is 0 Å². The number of rotatable bonds is 2. The van der Waals surface area contributed by atoms with Crippen LogP contribution in [0.2, 0.25) is 0 Å². The van der Waals surface area contributed by atoms with Crippen LogP contribution in [0.25, 0.3) is 22.3 Å². The minimum atomic E-state index is 1.11. The van der Waals surface area contributed by atoms with Crippen LogP contribution in [0.3, 0.4) is 0 Å². The molecule has 0 unspecified atom stereocenters. The van der Waals surface area contributed by atoms with E-state index in [0.29, 0.717) is 0 Å². The molecule has 0 heterocycles. The minimum absolute atomic E-state index is 1.11. The van der Waals surface area contributed by atoms with Crippen molar-refractivity contribution in [1.82, 2.24) is 0 Å². The number of halogens is 1. The van der Waals surface area contributed by atoms with Crippen LogP contribution in [0.15, 0.2) is 83.3 Å². The second-order valence-corrected chi connectivity index (χ2v) is 5.37. The summed E-state index contributed by atoms with van der Waals surface area (Å²) in [4.78, 5) is 0.